The Morgan fingerprint density at radius 1 is 1.08 bits per heavy atom. The van der Waals surface area contributed by atoms with Gasteiger partial charge in [0, 0.05) is 43.7 Å². The molecule has 1 N–H and O–H groups in total. The normalized spacial score (nSPS) is 17.3. The van der Waals surface area contributed by atoms with Crippen molar-refractivity contribution in [2.75, 3.05) is 32.7 Å². The molecule has 1 aliphatic carbocycles. The molecule has 0 unspecified atom stereocenters. The van der Waals surface area contributed by atoms with E-state index in [1.54, 1.807) is 18.3 Å². The molecule has 2 aromatic heterocycles. The van der Waals surface area contributed by atoms with Crippen molar-refractivity contribution in [3.63, 3.8) is 0 Å². The van der Waals surface area contributed by atoms with Crippen LogP contribution in [0.3, 0.4) is 0 Å². The lowest BCUT2D eigenvalue weighted by atomic mass is 10.0. The first-order valence-corrected chi connectivity index (χ1v) is 13.3. The fourth-order valence-corrected chi connectivity index (χ4v) is 5.97. The zero-order chi connectivity index (χ0) is 25.5. The SMILES string of the molecule is Cc1cc2[nH]c(=O)c3cnn(C4CCCC4)c3c2cc1C(=O)N1CCN(CCc2cccc(F)c2)CC1. The minimum Gasteiger partial charge on any atom is -0.336 e. The molecule has 192 valence electrons. The number of hydrogen-bond acceptors (Lipinski definition) is 4. The van der Waals surface area contributed by atoms with Gasteiger partial charge in [0.15, 0.2) is 0 Å². The van der Waals surface area contributed by atoms with Gasteiger partial charge in [-0.3, -0.25) is 19.2 Å². The molecule has 2 fully saturated rings. The van der Waals surface area contributed by atoms with Crippen LogP contribution < -0.4 is 5.56 Å². The largest absolute Gasteiger partial charge is 0.336 e. The van der Waals surface area contributed by atoms with E-state index in [0.29, 0.717) is 30.1 Å². The van der Waals surface area contributed by atoms with E-state index in [1.807, 2.05) is 34.7 Å². The van der Waals surface area contributed by atoms with E-state index < -0.39 is 0 Å². The molecule has 0 bridgehead atoms. The molecule has 2 aromatic carbocycles. The van der Waals surface area contributed by atoms with E-state index in [4.69, 9.17) is 0 Å². The summed E-state index contributed by atoms with van der Waals surface area (Å²) in [6.45, 7) is 5.66. The van der Waals surface area contributed by atoms with Gasteiger partial charge in [0.25, 0.3) is 11.5 Å². The highest BCUT2D eigenvalue weighted by molar-refractivity contribution is 6.07. The Labute approximate surface area is 214 Å². The number of aromatic amines is 1. The molecule has 0 radical (unpaired) electrons. The highest BCUT2D eigenvalue weighted by Gasteiger charge is 2.26. The van der Waals surface area contributed by atoms with Gasteiger partial charge in [-0.15, -0.1) is 0 Å². The molecule has 6 rings (SSSR count). The van der Waals surface area contributed by atoms with Crippen LogP contribution in [0, 0.1) is 12.7 Å². The number of carbonyl (C=O) groups is 1. The fraction of sp³-hybridized carbons (Fsp3) is 0.414. The van der Waals surface area contributed by atoms with Crippen LogP contribution in [0.5, 0.6) is 0 Å². The van der Waals surface area contributed by atoms with Gasteiger partial charge in [-0.2, -0.15) is 5.10 Å². The Hall–Kier alpha value is -3.52. The number of nitrogens with one attached hydrogen (secondary N) is 1. The van der Waals surface area contributed by atoms with Crippen LogP contribution in [0.15, 0.2) is 47.4 Å². The lowest BCUT2D eigenvalue weighted by Crippen LogP contribution is -2.49. The summed E-state index contributed by atoms with van der Waals surface area (Å²) in [5, 5.41) is 6.06. The van der Waals surface area contributed by atoms with Crippen LogP contribution in [0.2, 0.25) is 0 Å². The second-order valence-electron chi connectivity index (χ2n) is 10.5. The monoisotopic (exact) mass is 501 g/mol. The number of pyridine rings is 1. The lowest BCUT2D eigenvalue weighted by Gasteiger charge is -2.35. The summed E-state index contributed by atoms with van der Waals surface area (Å²) in [5.41, 5.74) is 3.96. The Kier molecular flexibility index (Phi) is 6.28. The van der Waals surface area contributed by atoms with Gasteiger partial charge >= 0.3 is 0 Å². The van der Waals surface area contributed by atoms with Gasteiger partial charge in [-0.25, -0.2) is 4.39 Å². The van der Waals surface area contributed by atoms with E-state index in [-0.39, 0.29) is 17.3 Å². The first kappa shape index (κ1) is 23.9. The number of hydrogen-bond donors (Lipinski definition) is 1. The van der Waals surface area contributed by atoms with E-state index in [0.717, 1.165) is 66.4 Å². The number of amides is 1. The summed E-state index contributed by atoms with van der Waals surface area (Å²) in [4.78, 5) is 33.7. The molecule has 2 aliphatic rings. The van der Waals surface area contributed by atoms with Crippen LogP contribution in [0.25, 0.3) is 21.8 Å². The number of carbonyl (C=O) groups excluding carboxylic acids is 1. The molecule has 3 heterocycles. The van der Waals surface area contributed by atoms with Gasteiger partial charge in [0.2, 0.25) is 0 Å². The number of piperazine rings is 1. The molecule has 7 nitrogen and oxygen atoms in total. The maximum atomic E-state index is 13.6. The molecule has 37 heavy (non-hydrogen) atoms. The molecule has 0 atom stereocenters. The van der Waals surface area contributed by atoms with Crippen molar-refractivity contribution in [2.45, 2.75) is 45.1 Å². The zero-order valence-electron chi connectivity index (χ0n) is 21.2. The van der Waals surface area contributed by atoms with Crippen molar-refractivity contribution in [1.82, 2.24) is 24.6 Å². The van der Waals surface area contributed by atoms with Gasteiger partial charge in [-0.1, -0.05) is 25.0 Å². The average molecular weight is 502 g/mol. The Bertz CT molecular complexity index is 1530. The summed E-state index contributed by atoms with van der Waals surface area (Å²) in [7, 11) is 0. The summed E-state index contributed by atoms with van der Waals surface area (Å²) in [6, 6.07) is 10.9. The van der Waals surface area contributed by atoms with Crippen molar-refractivity contribution >= 4 is 27.7 Å². The number of rotatable bonds is 5. The van der Waals surface area contributed by atoms with Crippen LogP contribution in [0.1, 0.15) is 53.2 Å². The third-order valence-electron chi connectivity index (χ3n) is 8.07. The highest BCUT2D eigenvalue weighted by atomic mass is 19.1. The molecule has 1 aliphatic heterocycles. The summed E-state index contributed by atoms with van der Waals surface area (Å²) >= 11 is 0. The standard InChI is InChI=1S/C29H32FN5O2/c1-19-15-26-24(27-25(28(36)32-26)18-31-35(27)22-7-2-3-8-22)17-23(19)29(37)34-13-11-33(12-14-34)10-9-20-5-4-6-21(30)16-20/h4-6,15-18,22H,2-3,7-14H2,1H3,(H,32,36). The number of aryl methyl sites for hydroxylation is 1. The van der Waals surface area contributed by atoms with Crippen molar-refractivity contribution in [1.29, 1.82) is 0 Å². The Morgan fingerprint density at radius 3 is 2.62 bits per heavy atom. The molecular formula is C29H32FN5O2. The van der Waals surface area contributed by atoms with Crippen LogP contribution in [-0.2, 0) is 6.42 Å². The maximum absolute atomic E-state index is 13.6. The van der Waals surface area contributed by atoms with Crippen LogP contribution in [-0.4, -0.2) is 63.2 Å². The molecule has 4 aromatic rings. The number of halogens is 1. The van der Waals surface area contributed by atoms with Gasteiger partial charge in [0.05, 0.1) is 28.7 Å². The second-order valence-corrected chi connectivity index (χ2v) is 10.5. The maximum Gasteiger partial charge on any atom is 0.259 e. The van der Waals surface area contributed by atoms with Crippen molar-refractivity contribution in [3.05, 3.63) is 75.5 Å². The summed E-state index contributed by atoms with van der Waals surface area (Å²) < 4.78 is 15.5. The first-order chi connectivity index (χ1) is 18.0. The third kappa shape index (κ3) is 4.55. The summed E-state index contributed by atoms with van der Waals surface area (Å²) in [5.74, 6) is -0.179. The smallest absolute Gasteiger partial charge is 0.259 e. The van der Waals surface area contributed by atoms with E-state index >= 15 is 0 Å². The van der Waals surface area contributed by atoms with Crippen molar-refractivity contribution in [3.8, 4) is 0 Å². The minimum absolute atomic E-state index is 0.0236. The highest BCUT2D eigenvalue weighted by Crippen LogP contribution is 2.34. The zero-order valence-corrected chi connectivity index (χ0v) is 21.2. The average Bonchev–Trinajstić information content (AvgIpc) is 3.58. The van der Waals surface area contributed by atoms with Crippen LogP contribution in [0.4, 0.5) is 4.39 Å². The first-order valence-electron chi connectivity index (χ1n) is 13.3. The molecule has 1 saturated heterocycles. The Morgan fingerprint density at radius 2 is 1.86 bits per heavy atom. The third-order valence-corrected chi connectivity index (χ3v) is 8.07. The number of fused-ring (bicyclic) bond motifs is 3. The predicted octanol–water partition coefficient (Wildman–Crippen LogP) is 4.44. The van der Waals surface area contributed by atoms with E-state index in [2.05, 4.69) is 15.0 Å². The number of H-pyrrole nitrogens is 1. The van der Waals surface area contributed by atoms with Crippen molar-refractivity contribution in [2.24, 2.45) is 0 Å². The van der Waals surface area contributed by atoms with Gasteiger partial charge < -0.3 is 9.88 Å². The number of nitrogens with zero attached hydrogens (tertiary/aromatic N) is 4. The summed E-state index contributed by atoms with van der Waals surface area (Å²) in [6.07, 6.45) is 6.92. The fourth-order valence-electron chi connectivity index (χ4n) is 5.97. The van der Waals surface area contributed by atoms with Crippen LogP contribution >= 0.6 is 0 Å². The van der Waals surface area contributed by atoms with E-state index in [1.165, 1.54) is 18.9 Å². The predicted molar refractivity (Wildman–Crippen MR) is 143 cm³/mol. The van der Waals surface area contributed by atoms with Gasteiger partial charge in [-0.05, 0) is 61.6 Å². The number of aromatic nitrogens is 3. The second kappa shape index (κ2) is 9.74. The van der Waals surface area contributed by atoms with E-state index in [9.17, 15) is 14.0 Å². The topological polar surface area (TPSA) is 74.2 Å². The van der Waals surface area contributed by atoms with Gasteiger partial charge in [0.1, 0.15) is 5.82 Å². The molecular weight excluding hydrogens is 469 g/mol. The lowest BCUT2D eigenvalue weighted by molar-refractivity contribution is 0.0638. The quantitative estimate of drug-likeness (QED) is 0.439. The Balaban J connectivity index is 1.23. The minimum atomic E-state index is -0.202. The molecule has 0 spiro atoms. The molecule has 1 amide bonds. The number of benzene rings is 2. The molecule has 1 saturated carbocycles. The molecule has 8 heteroatoms. The van der Waals surface area contributed by atoms with Crippen molar-refractivity contribution < 1.29 is 9.18 Å².